The second kappa shape index (κ2) is 7.24. The number of hydrogen-bond donors (Lipinski definition) is 2. The van der Waals surface area contributed by atoms with Crippen molar-refractivity contribution in [3.05, 3.63) is 66.4 Å². The van der Waals surface area contributed by atoms with E-state index in [4.69, 9.17) is 4.74 Å². The van der Waals surface area contributed by atoms with E-state index in [1.807, 2.05) is 43.6 Å². The number of ether oxygens (including phenoxy) is 1. The molecule has 2 aromatic carbocycles. The molecule has 2 aromatic heterocycles. The summed E-state index contributed by atoms with van der Waals surface area (Å²) in [6, 6.07) is 16.2. The van der Waals surface area contributed by atoms with Crippen molar-refractivity contribution in [3.8, 4) is 17.1 Å². The summed E-state index contributed by atoms with van der Waals surface area (Å²) in [5, 5.41) is 10.8. The second-order valence-corrected chi connectivity index (χ2v) is 7.36. The van der Waals surface area contributed by atoms with E-state index in [1.165, 1.54) is 0 Å². The Labute approximate surface area is 177 Å². The van der Waals surface area contributed by atoms with E-state index in [9.17, 15) is 9.59 Å². The first kappa shape index (κ1) is 18.8. The fraction of sp³-hybridized carbons (Fsp3) is 0.130. The molecule has 0 unspecified atom stereocenters. The van der Waals surface area contributed by atoms with Crippen molar-refractivity contribution in [1.82, 2.24) is 14.8 Å². The molecule has 0 bridgehead atoms. The average molecular weight is 413 g/mol. The molecule has 0 fully saturated rings. The summed E-state index contributed by atoms with van der Waals surface area (Å²) >= 11 is 0. The number of hydrogen-bond acceptors (Lipinski definition) is 5. The monoisotopic (exact) mass is 413 g/mol. The normalized spacial score (nSPS) is 15.2. The Morgan fingerprint density at radius 3 is 2.77 bits per heavy atom. The highest BCUT2D eigenvalue weighted by molar-refractivity contribution is 6.13. The van der Waals surface area contributed by atoms with Crippen molar-refractivity contribution in [3.63, 3.8) is 0 Å². The standard InChI is InChI=1S/C23H19N5O3/c1-13-22(29)26-20-11-14(7-8-21(20)31-13)24-23(30)16-12-19(18-9-10-28(2)27-18)25-17-6-4-3-5-15(16)17/h3-13H,1-2H3,(H,24,30)(H,26,29)/t13-/m1/s1. The summed E-state index contributed by atoms with van der Waals surface area (Å²) in [5.41, 5.74) is 3.56. The van der Waals surface area contributed by atoms with Gasteiger partial charge in [-0.3, -0.25) is 14.3 Å². The van der Waals surface area contributed by atoms with Crippen molar-refractivity contribution in [2.24, 2.45) is 7.05 Å². The Morgan fingerprint density at radius 2 is 1.97 bits per heavy atom. The predicted octanol–water partition coefficient (Wildman–Crippen LogP) is 3.61. The number of anilines is 2. The molecule has 0 aliphatic carbocycles. The minimum atomic E-state index is -0.554. The molecule has 1 aliphatic heterocycles. The Bertz CT molecular complexity index is 1340. The zero-order chi connectivity index (χ0) is 21.5. The first-order chi connectivity index (χ1) is 15.0. The van der Waals surface area contributed by atoms with Crippen LogP contribution >= 0.6 is 0 Å². The Balaban J connectivity index is 1.51. The number of amides is 2. The molecule has 0 spiro atoms. The number of pyridine rings is 1. The van der Waals surface area contributed by atoms with Gasteiger partial charge in [0.1, 0.15) is 11.4 Å². The van der Waals surface area contributed by atoms with Crippen LogP contribution in [0.5, 0.6) is 5.75 Å². The van der Waals surface area contributed by atoms with E-state index in [1.54, 1.807) is 35.9 Å². The SMILES string of the molecule is C[C@H]1Oc2ccc(NC(=O)c3cc(-c4ccn(C)n4)nc4ccccc34)cc2NC1=O. The number of aryl methyl sites for hydroxylation is 1. The number of fused-ring (bicyclic) bond motifs is 2. The minimum Gasteiger partial charge on any atom is -0.479 e. The quantitative estimate of drug-likeness (QED) is 0.535. The van der Waals surface area contributed by atoms with Crippen LogP contribution in [0.25, 0.3) is 22.3 Å². The number of nitrogens with one attached hydrogen (secondary N) is 2. The lowest BCUT2D eigenvalue weighted by atomic mass is 10.1. The van der Waals surface area contributed by atoms with Crippen LogP contribution in [-0.2, 0) is 11.8 Å². The van der Waals surface area contributed by atoms with E-state index < -0.39 is 6.10 Å². The van der Waals surface area contributed by atoms with Gasteiger partial charge in [0.15, 0.2) is 6.10 Å². The number of benzene rings is 2. The van der Waals surface area contributed by atoms with Crippen LogP contribution in [0.15, 0.2) is 60.8 Å². The molecule has 4 aromatic rings. The summed E-state index contributed by atoms with van der Waals surface area (Å²) in [6.45, 7) is 1.68. The van der Waals surface area contributed by atoms with Crippen molar-refractivity contribution in [1.29, 1.82) is 0 Å². The maximum atomic E-state index is 13.2. The highest BCUT2D eigenvalue weighted by Gasteiger charge is 2.24. The molecule has 5 rings (SSSR count). The molecule has 3 heterocycles. The minimum absolute atomic E-state index is 0.226. The fourth-order valence-corrected chi connectivity index (χ4v) is 3.53. The van der Waals surface area contributed by atoms with Gasteiger partial charge in [-0.25, -0.2) is 4.98 Å². The topological polar surface area (TPSA) is 98.1 Å². The number of carbonyl (C=O) groups is 2. The molecule has 2 N–H and O–H groups in total. The highest BCUT2D eigenvalue weighted by atomic mass is 16.5. The fourth-order valence-electron chi connectivity index (χ4n) is 3.53. The molecule has 8 heteroatoms. The van der Waals surface area contributed by atoms with E-state index in [-0.39, 0.29) is 11.8 Å². The Hall–Kier alpha value is -4.20. The summed E-state index contributed by atoms with van der Waals surface area (Å²) in [6.07, 6.45) is 1.28. The summed E-state index contributed by atoms with van der Waals surface area (Å²) in [4.78, 5) is 29.8. The van der Waals surface area contributed by atoms with Crippen molar-refractivity contribution >= 4 is 34.1 Å². The first-order valence-corrected chi connectivity index (χ1v) is 9.81. The van der Waals surface area contributed by atoms with Crippen molar-refractivity contribution < 1.29 is 14.3 Å². The highest BCUT2D eigenvalue weighted by Crippen LogP contribution is 2.32. The number of nitrogens with zero attached hydrogens (tertiary/aromatic N) is 3. The van der Waals surface area contributed by atoms with E-state index in [0.717, 1.165) is 5.39 Å². The lowest BCUT2D eigenvalue weighted by molar-refractivity contribution is -0.122. The molecular formula is C23H19N5O3. The van der Waals surface area contributed by atoms with Crippen LogP contribution in [0.2, 0.25) is 0 Å². The van der Waals surface area contributed by atoms with Gasteiger partial charge in [-0.05, 0) is 43.3 Å². The molecule has 2 amide bonds. The largest absolute Gasteiger partial charge is 0.479 e. The van der Waals surface area contributed by atoms with Gasteiger partial charge in [-0.15, -0.1) is 0 Å². The zero-order valence-corrected chi connectivity index (χ0v) is 16.9. The summed E-state index contributed by atoms with van der Waals surface area (Å²) in [5.74, 6) is 0.0557. The van der Waals surface area contributed by atoms with Crippen LogP contribution < -0.4 is 15.4 Å². The van der Waals surface area contributed by atoms with Gasteiger partial charge in [0.25, 0.3) is 11.8 Å². The van der Waals surface area contributed by atoms with Gasteiger partial charge in [-0.2, -0.15) is 5.10 Å². The predicted molar refractivity (Wildman–Crippen MR) is 117 cm³/mol. The van der Waals surface area contributed by atoms with Gasteiger partial charge < -0.3 is 15.4 Å². The first-order valence-electron chi connectivity index (χ1n) is 9.81. The smallest absolute Gasteiger partial charge is 0.265 e. The van der Waals surface area contributed by atoms with Gasteiger partial charge in [-0.1, -0.05) is 18.2 Å². The van der Waals surface area contributed by atoms with Crippen LogP contribution in [0.1, 0.15) is 17.3 Å². The third-order valence-corrected chi connectivity index (χ3v) is 5.11. The van der Waals surface area contributed by atoms with Crippen LogP contribution in [0.3, 0.4) is 0 Å². The summed E-state index contributed by atoms with van der Waals surface area (Å²) < 4.78 is 7.26. The van der Waals surface area contributed by atoms with Crippen molar-refractivity contribution in [2.75, 3.05) is 10.6 Å². The van der Waals surface area contributed by atoms with E-state index >= 15 is 0 Å². The Kier molecular flexibility index (Phi) is 4.39. The van der Waals surface area contributed by atoms with Crippen LogP contribution in [0.4, 0.5) is 11.4 Å². The lowest BCUT2D eigenvalue weighted by Gasteiger charge is -2.23. The molecular weight excluding hydrogens is 394 g/mol. The van der Waals surface area contributed by atoms with Gasteiger partial charge in [0, 0.05) is 24.3 Å². The molecule has 0 saturated carbocycles. The van der Waals surface area contributed by atoms with E-state index in [0.29, 0.717) is 39.6 Å². The van der Waals surface area contributed by atoms with Crippen LogP contribution in [0, 0.1) is 0 Å². The van der Waals surface area contributed by atoms with Crippen LogP contribution in [-0.4, -0.2) is 32.7 Å². The summed E-state index contributed by atoms with van der Waals surface area (Å²) in [7, 11) is 1.83. The molecule has 154 valence electrons. The number of rotatable bonds is 3. The maximum absolute atomic E-state index is 13.2. The van der Waals surface area contributed by atoms with Gasteiger partial charge >= 0.3 is 0 Å². The molecule has 1 aliphatic rings. The number of carbonyl (C=O) groups excluding carboxylic acids is 2. The third kappa shape index (κ3) is 3.48. The van der Waals surface area contributed by atoms with Crippen molar-refractivity contribution in [2.45, 2.75) is 13.0 Å². The number of aromatic nitrogens is 3. The molecule has 8 nitrogen and oxygen atoms in total. The molecule has 0 radical (unpaired) electrons. The molecule has 31 heavy (non-hydrogen) atoms. The van der Waals surface area contributed by atoms with E-state index in [2.05, 4.69) is 20.7 Å². The van der Waals surface area contributed by atoms with Gasteiger partial charge in [0.2, 0.25) is 0 Å². The lowest BCUT2D eigenvalue weighted by Crippen LogP contribution is -2.34. The Morgan fingerprint density at radius 1 is 1.13 bits per heavy atom. The number of para-hydroxylation sites is 1. The third-order valence-electron chi connectivity index (χ3n) is 5.11. The molecule has 1 atom stereocenters. The molecule has 0 saturated heterocycles. The maximum Gasteiger partial charge on any atom is 0.265 e. The zero-order valence-electron chi connectivity index (χ0n) is 16.9. The second-order valence-electron chi connectivity index (χ2n) is 7.36. The average Bonchev–Trinajstić information content (AvgIpc) is 3.20. The van der Waals surface area contributed by atoms with Gasteiger partial charge in [0.05, 0.1) is 22.5 Å².